The van der Waals surface area contributed by atoms with Crippen molar-refractivity contribution in [2.45, 2.75) is 0 Å². The SMILES string of the molecule is Nc1cc(C(=O)CBr)c(F)cc1F. The van der Waals surface area contributed by atoms with Gasteiger partial charge in [-0.05, 0) is 6.07 Å². The molecular weight excluding hydrogens is 244 g/mol. The number of ketones is 1. The van der Waals surface area contributed by atoms with Crippen molar-refractivity contribution in [2.75, 3.05) is 11.1 Å². The summed E-state index contributed by atoms with van der Waals surface area (Å²) in [7, 11) is 0. The Morgan fingerprint density at radius 1 is 1.38 bits per heavy atom. The van der Waals surface area contributed by atoms with Crippen LogP contribution in [-0.4, -0.2) is 11.1 Å². The van der Waals surface area contributed by atoms with Crippen molar-refractivity contribution >= 4 is 27.4 Å². The fraction of sp³-hybridized carbons (Fsp3) is 0.125. The minimum absolute atomic E-state index is 0.0189. The molecule has 5 heteroatoms. The van der Waals surface area contributed by atoms with Gasteiger partial charge in [0.2, 0.25) is 0 Å². The van der Waals surface area contributed by atoms with Gasteiger partial charge in [0.05, 0.1) is 16.6 Å². The molecule has 1 rings (SSSR count). The Morgan fingerprint density at radius 2 is 2.00 bits per heavy atom. The molecule has 0 atom stereocenters. The molecule has 0 saturated carbocycles. The molecule has 0 aliphatic rings. The highest BCUT2D eigenvalue weighted by molar-refractivity contribution is 9.09. The Morgan fingerprint density at radius 3 is 2.54 bits per heavy atom. The molecule has 0 heterocycles. The van der Waals surface area contributed by atoms with E-state index in [9.17, 15) is 13.6 Å². The normalized spacial score (nSPS) is 10.1. The molecule has 0 aromatic heterocycles. The van der Waals surface area contributed by atoms with Crippen LogP contribution in [0.2, 0.25) is 0 Å². The van der Waals surface area contributed by atoms with Gasteiger partial charge in [0.15, 0.2) is 5.78 Å². The molecule has 0 bridgehead atoms. The number of rotatable bonds is 2. The van der Waals surface area contributed by atoms with Gasteiger partial charge in [-0.3, -0.25) is 4.79 Å². The number of carbonyl (C=O) groups excluding carboxylic acids is 1. The van der Waals surface area contributed by atoms with Crippen LogP contribution in [0.25, 0.3) is 0 Å². The number of hydrogen-bond acceptors (Lipinski definition) is 2. The van der Waals surface area contributed by atoms with E-state index >= 15 is 0 Å². The molecule has 0 fully saturated rings. The van der Waals surface area contributed by atoms with E-state index in [1.54, 1.807) is 0 Å². The first-order valence-electron chi connectivity index (χ1n) is 3.40. The molecule has 0 radical (unpaired) electrons. The summed E-state index contributed by atoms with van der Waals surface area (Å²) in [5.74, 6) is -2.22. The van der Waals surface area contributed by atoms with E-state index in [0.29, 0.717) is 6.07 Å². The Labute approximate surface area is 81.9 Å². The summed E-state index contributed by atoms with van der Waals surface area (Å²) in [6.07, 6.45) is 0. The van der Waals surface area contributed by atoms with Crippen molar-refractivity contribution in [1.82, 2.24) is 0 Å². The van der Waals surface area contributed by atoms with Crippen LogP contribution in [0.15, 0.2) is 12.1 Å². The maximum Gasteiger partial charge on any atom is 0.176 e. The average Bonchev–Trinajstić information content (AvgIpc) is 2.10. The third-order valence-electron chi connectivity index (χ3n) is 1.51. The largest absolute Gasteiger partial charge is 0.396 e. The summed E-state index contributed by atoms with van der Waals surface area (Å²) in [6.45, 7) is 0. The molecule has 13 heavy (non-hydrogen) atoms. The highest BCUT2D eigenvalue weighted by Gasteiger charge is 2.13. The number of anilines is 1. The molecule has 0 spiro atoms. The first-order chi connectivity index (χ1) is 6.06. The highest BCUT2D eigenvalue weighted by atomic mass is 79.9. The van der Waals surface area contributed by atoms with Crippen molar-refractivity contribution in [3.8, 4) is 0 Å². The topological polar surface area (TPSA) is 43.1 Å². The first kappa shape index (κ1) is 10.1. The standard InChI is InChI=1S/C8H6BrF2NO/c9-3-8(13)4-1-7(12)6(11)2-5(4)10/h1-2H,3,12H2. The van der Waals surface area contributed by atoms with Gasteiger partial charge >= 0.3 is 0 Å². The van der Waals surface area contributed by atoms with Crippen LogP contribution in [0, 0.1) is 11.6 Å². The summed E-state index contributed by atoms with van der Waals surface area (Å²) in [4.78, 5) is 11.0. The van der Waals surface area contributed by atoms with E-state index < -0.39 is 17.4 Å². The second-order valence-corrected chi connectivity index (χ2v) is 2.97. The number of alkyl halides is 1. The van der Waals surface area contributed by atoms with Crippen LogP contribution in [-0.2, 0) is 0 Å². The van der Waals surface area contributed by atoms with E-state index in [1.165, 1.54) is 0 Å². The zero-order chi connectivity index (χ0) is 10.0. The number of benzene rings is 1. The quantitative estimate of drug-likeness (QED) is 0.496. The van der Waals surface area contributed by atoms with E-state index in [0.717, 1.165) is 6.07 Å². The molecule has 70 valence electrons. The van der Waals surface area contributed by atoms with Gasteiger partial charge in [0.25, 0.3) is 0 Å². The fourth-order valence-electron chi connectivity index (χ4n) is 0.851. The number of nitrogen functional groups attached to an aromatic ring is 1. The molecule has 0 saturated heterocycles. The van der Waals surface area contributed by atoms with Crippen LogP contribution in [0.1, 0.15) is 10.4 Å². The number of nitrogens with two attached hydrogens (primary N) is 1. The molecule has 0 aliphatic carbocycles. The van der Waals surface area contributed by atoms with Crippen LogP contribution >= 0.6 is 15.9 Å². The molecule has 0 amide bonds. The van der Waals surface area contributed by atoms with Crippen LogP contribution in [0.3, 0.4) is 0 Å². The molecule has 2 N–H and O–H groups in total. The Kier molecular flexibility index (Phi) is 2.98. The van der Waals surface area contributed by atoms with Gasteiger partial charge in [-0.25, -0.2) is 8.78 Å². The smallest absolute Gasteiger partial charge is 0.176 e. The minimum Gasteiger partial charge on any atom is -0.396 e. The molecule has 2 nitrogen and oxygen atoms in total. The second-order valence-electron chi connectivity index (χ2n) is 2.41. The number of halogens is 3. The molecule has 1 aromatic rings. The van der Waals surface area contributed by atoms with Crippen molar-refractivity contribution in [1.29, 1.82) is 0 Å². The average molecular weight is 250 g/mol. The van der Waals surface area contributed by atoms with E-state index in [4.69, 9.17) is 5.73 Å². The minimum atomic E-state index is -0.892. The van der Waals surface area contributed by atoms with Crippen LogP contribution < -0.4 is 5.73 Å². The molecule has 1 aromatic carbocycles. The third-order valence-corrected chi connectivity index (χ3v) is 2.02. The van der Waals surface area contributed by atoms with Crippen molar-refractivity contribution < 1.29 is 13.6 Å². The summed E-state index contributed by atoms with van der Waals surface area (Å²) < 4.78 is 25.6. The lowest BCUT2D eigenvalue weighted by Gasteiger charge is -2.02. The number of carbonyl (C=O) groups is 1. The van der Waals surface area contributed by atoms with E-state index in [-0.39, 0.29) is 16.6 Å². The summed E-state index contributed by atoms with van der Waals surface area (Å²) in [5, 5.41) is -0.0189. The number of hydrogen-bond donors (Lipinski definition) is 1. The summed E-state index contributed by atoms with van der Waals surface area (Å²) in [6, 6.07) is 1.60. The van der Waals surface area contributed by atoms with Gasteiger partial charge in [0.1, 0.15) is 11.6 Å². The Balaban J connectivity index is 3.23. The van der Waals surface area contributed by atoms with Crippen molar-refractivity contribution in [3.63, 3.8) is 0 Å². The summed E-state index contributed by atoms with van der Waals surface area (Å²) >= 11 is 2.88. The van der Waals surface area contributed by atoms with E-state index in [2.05, 4.69) is 15.9 Å². The first-order valence-corrected chi connectivity index (χ1v) is 4.52. The Bertz CT molecular complexity index is 354. The van der Waals surface area contributed by atoms with Gasteiger partial charge in [-0.15, -0.1) is 0 Å². The maximum absolute atomic E-state index is 12.9. The summed E-state index contributed by atoms with van der Waals surface area (Å²) in [5.41, 5.74) is 4.74. The van der Waals surface area contributed by atoms with Crippen molar-refractivity contribution in [2.24, 2.45) is 0 Å². The van der Waals surface area contributed by atoms with Crippen molar-refractivity contribution in [3.05, 3.63) is 29.3 Å². The lowest BCUT2D eigenvalue weighted by atomic mass is 10.1. The zero-order valence-electron chi connectivity index (χ0n) is 6.48. The predicted molar refractivity (Wildman–Crippen MR) is 48.9 cm³/mol. The second kappa shape index (κ2) is 3.83. The van der Waals surface area contributed by atoms with Gasteiger partial charge < -0.3 is 5.73 Å². The lowest BCUT2D eigenvalue weighted by Crippen LogP contribution is -2.05. The van der Waals surface area contributed by atoms with Gasteiger partial charge in [0, 0.05) is 6.07 Å². The predicted octanol–water partition coefficient (Wildman–Crippen LogP) is 2.12. The zero-order valence-corrected chi connectivity index (χ0v) is 8.07. The lowest BCUT2D eigenvalue weighted by molar-refractivity contribution is 0.102. The van der Waals surface area contributed by atoms with Gasteiger partial charge in [-0.1, -0.05) is 15.9 Å². The number of Topliss-reactive ketones (excluding diaryl/α,β-unsaturated/α-hetero) is 1. The maximum atomic E-state index is 12.9. The highest BCUT2D eigenvalue weighted by Crippen LogP contribution is 2.17. The van der Waals surface area contributed by atoms with E-state index in [1.807, 2.05) is 0 Å². The monoisotopic (exact) mass is 249 g/mol. The Hall–Kier alpha value is -0.970. The third kappa shape index (κ3) is 2.03. The van der Waals surface area contributed by atoms with Crippen LogP contribution in [0.5, 0.6) is 0 Å². The van der Waals surface area contributed by atoms with Gasteiger partial charge in [-0.2, -0.15) is 0 Å². The molecule has 0 unspecified atom stereocenters. The van der Waals surface area contributed by atoms with Crippen LogP contribution in [0.4, 0.5) is 14.5 Å². The fourth-order valence-corrected chi connectivity index (χ4v) is 1.15. The molecule has 0 aliphatic heterocycles. The molecular formula is C8H6BrF2NO.